The average Bonchev–Trinajstić information content (AvgIpc) is 3.26. The summed E-state index contributed by atoms with van der Waals surface area (Å²) in [7, 11) is 0. The molecule has 28 heavy (non-hydrogen) atoms. The van der Waals surface area contributed by atoms with Gasteiger partial charge in [-0.15, -0.1) is 0 Å². The van der Waals surface area contributed by atoms with Crippen LogP contribution < -0.4 is 0 Å². The van der Waals surface area contributed by atoms with Crippen LogP contribution in [0.2, 0.25) is 0 Å². The Hall–Kier alpha value is -2.99. The van der Waals surface area contributed by atoms with Gasteiger partial charge in [-0.25, -0.2) is 0 Å². The van der Waals surface area contributed by atoms with Crippen LogP contribution in [0.1, 0.15) is 30.2 Å². The number of nitrogens with zero attached hydrogens (tertiary/aromatic N) is 3. The molecule has 6 nitrogen and oxygen atoms in total. The monoisotopic (exact) mass is 377 g/mol. The molecule has 1 aliphatic heterocycles. The Morgan fingerprint density at radius 1 is 1.11 bits per heavy atom. The zero-order chi connectivity index (χ0) is 19.2. The van der Waals surface area contributed by atoms with Crippen molar-refractivity contribution in [1.82, 2.24) is 15.0 Å². The molecule has 2 heterocycles. The normalized spacial score (nSPS) is 16.9. The number of carbonyl (C=O) groups excluding carboxylic acids is 1. The van der Waals surface area contributed by atoms with Crippen molar-refractivity contribution in [3.63, 3.8) is 0 Å². The van der Waals surface area contributed by atoms with Crippen LogP contribution in [0.25, 0.3) is 11.4 Å². The zero-order valence-electron chi connectivity index (χ0n) is 15.7. The lowest BCUT2D eigenvalue weighted by molar-refractivity contribution is -0.137. The Morgan fingerprint density at radius 3 is 2.64 bits per heavy atom. The Bertz CT molecular complexity index is 896. The van der Waals surface area contributed by atoms with Gasteiger partial charge < -0.3 is 14.2 Å². The lowest BCUT2D eigenvalue weighted by Crippen LogP contribution is -2.41. The summed E-state index contributed by atoms with van der Waals surface area (Å²) >= 11 is 0. The fraction of sp³-hybridized carbons (Fsp3) is 0.318. The van der Waals surface area contributed by atoms with Crippen molar-refractivity contribution < 1.29 is 14.1 Å². The van der Waals surface area contributed by atoms with Gasteiger partial charge in [-0.2, -0.15) is 4.98 Å². The second-order valence-electron chi connectivity index (χ2n) is 6.98. The molecule has 1 fully saturated rings. The largest absolute Gasteiger partial charge is 0.367 e. The van der Waals surface area contributed by atoms with Gasteiger partial charge in [-0.1, -0.05) is 65.8 Å². The average molecular weight is 377 g/mol. The minimum Gasteiger partial charge on any atom is -0.367 e. The first kappa shape index (κ1) is 18.4. The third-order valence-electron chi connectivity index (χ3n) is 4.93. The molecule has 0 spiro atoms. The lowest BCUT2D eigenvalue weighted by Gasteiger charge is -2.31. The number of rotatable bonds is 6. The van der Waals surface area contributed by atoms with E-state index in [2.05, 4.69) is 10.1 Å². The highest BCUT2D eigenvalue weighted by Crippen LogP contribution is 2.27. The summed E-state index contributed by atoms with van der Waals surface area (Å²) in [4.78, 5) is 18.9. The Labute approximate surface area is 164 Å². The quantitative estimate of drug-likeness (QED) is 0.656. The van der Waals surface area contributed by atoms with Crippen molar-refractivity contribution in [2.24, 2.45) is 0 Å². The third-order valence-corrected chi connectivity index (χ3v) is 4.93. The number of hydrogen-bond donors (Lipinski definition) is 0. The number of likely N-dealkylation sites (tertiary alicyclic amines) is 1. The van der Waals surface area contributed by atoms with Gasteiger partial charge in [-0.05, 0) is 18.4 Å². The van der Waals surface area contributed by atoms with E-state index in [-0.39, 0.29) is 18.4 Å². The van der Waals surface area contributed by atoms with E-state index in [1.807, 2.05) is 65.6 Å². The van der Waals surface area contributed by atoms with Gasteiger partial charge >= 0.3 is 0 Å². The summed E-state index contributed by atoms with van der Waals surface area (Å²) in [6, 6.07) is 19.6. The number of hydrogen-bond acceptors (Lipinski definition) is 5. The maximum Gasteiger partial charge on any atom is 0.248 e. The highest BCUT2D eigenvalue weighted by Gasteiger charge is 2.28. The van der Waals surface area contributed by atoms with E-state index in [4.69, 9.17) is 9.26 Å². The van der Waals surface area contributed by atoms with Crippen molar-refractivity contribution in [3.05, 3.63) is 72.1 Å². The SMILES string of the molecule is O=C(COCc1ccccc1)N1CCCC(c2nc(-c3ccccc3)no2)C1. The highest BCUT2D eigenvalue weighted by atomic mass is 16.5. The summed E-state index contributed by atoms with van der Waals surface area (Å²) < 4.78 is 11.1. The standard InChI is InChI=1S/C22H23N3O3/c26-20(16-27-15-17-8-3-1-4-9-17)25-13-7-12-19(14-25)22-23-21(24-28-22)18-10-5-2-6-11-18/h1-6,8-11,19H,7,12-16H2. The van der Waals surface area contributed by atoms with Crippen molar-refractivity contribution >= 4 is 5.91 Å². The smallest absolute Gasteiger partial charge is 0.248 e. The number of carbonyl (C=O) groups is 1. The van der Waals surface area contributed by atoms with Crippen molar-refractivity contribution in [1.29, 1.82) is 0 Å². The van der Waals surface area contributed by atoms with E-state index < -0.39 is 0 Å². The molecule has 1 atom stereocenters. The van der Waals surface area contributed by atoms with Crippen LogP contribution in [0.4, 0.5) is 0 Å². The third kappa shape index (κ3) is 4.46. The van der Waals surface area contributed by atoms with Crippen LogP contribution in [0.3, 0.4) is 0 Å². The van der Waals surface area contributed by atoms with Gasteiger partial charge in [0.25, 0.3) is 0 Å². The number of benzene rings is 2. The minimum absolute atomic E-state index is 0.00318. The molecule has 0 bridgehead atoms. The summed E-state index contributed by atoms with van der Waals surface area (Å²) in [6.45, 7) is 1.85. The van der Waals surface area contributed by atoms with Crippen LogP contribution >= 0.6 is 0 Å². The lowest BCUT2D eigenvalue weighted by atomic mass is 9.98. The molecule has 0 aliphatic carbocycles. The Kier molecular flexibility index (Phi) is 5.77. The van der Waals surface area contributed by atoms with Gasteiger partial charge in [-0.3, -0.25) is 4.79 Å². The molecule has 1 amide bonds. The first-order valence-electron chi connectivity index (χ1n) is 9.58. The fourth-order valence-corrected chi connectivity index (χ4v) is 3.43. The van der Waals surface area contributed by atoms with Crippen molar-refractivity contribution in [2.45, 2.75) is 25.4 Å². The highest BCUT2D eigenvalue weighted by molar-refractivity contribution is 5.77. The van der Waals surface area contributed by atoms with E-state index in [0.29, 0.717) is 24.9 Å². The van der Waals surface area contributed by atoms with Crippen LogP contribution in [-0.4, -0.2) is 40.6 Å². The van der Waals surface area contributed by atoms with Crippen molar-refractivity contribution in [3.8, 4) is 11.4 Å². The summed E-state index contributed by atoms with van der Waals surface area (Å²) in [6.07, 6.45) is 1.85. The summed E-state index contributed by atoms with van der Waals surface area (Å²) in [5.74, 6) is 1.26. The van der Waals surface area contributed by atoms with Gasteiger partial charge in [0.05, 0.1) is 12.5 Å². The zero-order valence-corrected chi connectivity index (χ0v) is 15.7. The molecule has 4 rings (SSSR count). The molecular formula is C22H23N3O3. The molecule has 144 valence electrons. The maximum absolute atomic E-state index is 12.5. The van der Waals surface area contributed by atoms with Crippen LogP contribution in [-0.2, 0) is 16.1 Å². The molecule has 2 aromatic carbocycles. The van der Waals surface area contributed by atoms with E-state index in [9.17, 15) is 4.79 Å². The van der Waals surface area contributed by atoms with E-state index >= 15 is 0 Å². The first-order chi connectivity index (χ1) is 13.8. The Morgan fingerprint density at radius 2 is 1.86 bits per heavy atom. The fourth-order valence-electron chi connectivity index (χ4n) is 3.43. The maximum atomic E-state index is 12.5. The molecule has 1 saturated heterocycles. The molecule has 1 aromatic heterocycles. The molecule has 0 saturated carbocycles. The van der Waals surface area contributed by atoms with Crippen LogP contribution in [0.15, 0.2) is 65.2 Å². The van der Waals surface area contributed by atoms with E-state index in [0.717, 1.165) is 30.5 Å². The topological polar surface area (TPSA) is 68.5 Å². The summed E-state index contributed by atoms with van der Waals surface area (Å²) in [5.41, 5.74) is 1.99. The second kappa shape index (κ2) is 8.80. The molecular weight excluding hydrogens is 354 g/mol. The molecule has 0 radical (unpaired) electrons. The number of amides is 1. The first-order valence-corrected chi connectivity index (χ1v) is 9.58. The summed E-state index contributed by atoms with van der Waals surface area (Å²) in [5, 5.41) is 4.10. The number of ether oxygens (including phenoxy) is 1. The minimum atomic E-state index is 0.00318. The van der Waals surface area contributed by atoms with Gasteiger partial charge in [0.1, 0.15) is 6.61 Å². The van der Waals surface area contributed by atoms with Gasteiger partial charge in [0.2, 0.25) is 17.6 Å². The molecule has 0 N–H and O–H groups in total. The van der Waals surface area contributed by atoms with Gasteiger partial charge in [0, 0.05) is 18.7 Å². The predicted octanol–water partition coefficient (Wildman–Crippen LogP) is 3.66. The predicted molar refractivity (Wildman–Crippen MR) is 104 cm³/mol. The van der Waals surface area contributed by atoms with Crippen LogP contribution in [0.5, 0.6) is 0 Å². The molecule has 6 heteroatoms. The van der Waals surface area contributed by atoms with Crippen LogP contribution in [0, 0.1) is 0 Å². The van der Waals surface area contributed by atoms with E-state index in [1.165, 1.54) is 0 Å². The second-order valence-corrected chi connectivity index (χ2v) is 6.98. The number of aromatic nitrogens is 2. The van der Waals surface area contributed by atoms with Gasteiger partial charge in [0.15, 0.2) is 0 Å². The molecule has 1 unspecified atom stereocenters. The molecule has 3 aromatic rings. The van der Waals surface area contributed by atoms with E-state index in [1.54, 1.807) is 0 Å². The van der Waals surface area contributed by atoms with Crippen molar-refractivity contribution in [2.75, 3.05) is 19.7 Å². The molecule has 1 aliphatic rings. The number of piperidine rings is 1. The Balaban J connectivity index is 1.33.